The third-order valence-corrected chi connectivity index (χ3v) is 9.51. The molecule has 1 amide bonds. The number of halogens is 3. The molecular weight excluding hydrogens is 563 g/mol. The van der Waals surface area contributed by atoms with Crippen LogP contribution in [0.2, 0.25) is 0 Å². The van der Waals surface area contributed by atoms with E-state index in [4.69, 9.17) is 9.84 Å². The van der Waals surface area contributed by atoms with Crippen LogP contribution in [-0.4, -0.2) is 77.0 Å². The quantitative estimate of drug-likeness (QED) is 0.381. The van der Waals surface area contributed by atoms with E-state index in [1.165, 1.54) is 31.0 Å². The first-order valence-electron chi connectivity index (χ1n) is 13.7. The molecule has 5 rings (SSSR count). The highest BCUT2D eigenvalue weighted by molar-refractivity contribution is 7.89. The van der Waals surface area contributed by atoms with Gasteiger partial charge in [0.2, 0.25) is 15.9 Å². The van der Waals surface area contributed by atoms with E-state index in [-0.39, 0.29) is 29.6 Å². The number of alkyl halides is 3. The zero-order chi connectivity index (χ0) is 29.4. The Labute approximate surface area is 236 Å². The summed E-state index contributed by atoms with van der Waals surface area (Å²) >= 11 is 0. The van der Waals surface area contributed by atoms with Gasteiger partial charge in [-0.2, -0.15) is 13.2 Å². The smallest absolute Gasteiger partial charge is 0.392 e. The van der Waals surface area contributed by atoms with Crippen molar-refractivity contribution < 1.29 is 36.2 Å². The number of likely N-dealkylation sites (N-methyl/N-ethyl adjacent to an activating group) is 1. The number of piperidine rings is 1. The van der Waals surface area contributed by atoms with Gasteiger partial charge in [0, 0.05) is 33.2 Å². The zero-order valence-electron chi connectivity index (χ0n) is 22.8. The maximum Gasteiger partial charge on any atom is 0.392 e. The van der Waals surface area contributed by atoms with Crippen LogP contribution >= 0.6 is 0 Å². The summed E-state index contributed by atoms with van der Waals surface area (Å²) in [6.07, 6.45) is -0.628. The average Bonchev–Trinajstić information content (AvgIpc) is 3.57. The molecule has 0 unspecified atom stereocenters. The fourth-order valence-corrected chi connectivity index (χ4v) is 6.48. The third kappa shape index (κ3) is 6.70. The Balaban J connectivity index is 1.42. The lowest BCUT2D eigenvalue weighted by Crippen LogP contribution is -2.35. The molecule has 1 aromatic carbocycles. The number of benzene rings is 1. The Morgan fingerprint density at radius 2 is 1.88 bits per heavy atom. The Morgan fingerprint density at radius 3 is 2.54 bits per heavy atom. The van der Waals surface area contributed by atoms with Crippen molar-refractivity contribution in [3.63, 3.8) is 0 Å². The van der Waals surface area contributed by atoms with E-state index in [9.17, 15) is 26.4 Å². The van der Waals surface area contributed by atoms with Gasteiger partial charge in [-0.15, -0.1) is 0 Å². The number of sulfonamides is 1. The minimum atomic E-state index is -4.39. The molecule has 0 bridgehead atoms. The lowest BCUT2D eigenvalue weighted by Gasteiger charge is -2.35. The summed E-state index contributed by atoms with van der Waals surface area (Å²) in [7, 11) is -2.11. The predicted molar refractivity (Wildman–Crippen MR) is 147 cm³/mol. The Bertz CT molecular complexity index is 1400. The maximum absolute atomic E-state index is 13.5. The SMILES string of the molecule is CN1CCc2cc(C(=O)Nc3ccc(S(=O)(=O)NCCO)cc3N3CCC4(CC3)CC4)nc(OCCC(F)(F)F)c21. The second-order valence-corrected chi connectivity index (χ2v) is 12.7. The molecule has 1 spiro atoms. The molecule has 0 radical (unpaired) electrons. The molecule has 3 N–H and O–H groups in total. The summed E-state index contributed by atoms with van der Waals surface area (Å²) in [4.78, 5) is 21.6. The normalized spacial score (nSPS) is 18.0. The Kier molecular flexibility index (Phi) is 8.09. The highest BCUT2D eigenvalue weighted by Gasteiger charge is 2.44. The van der Waals surface area contributed by atoms with Crippen molar-refractivity contribution in [2.45, 2.75) is 49.6 Å². The van der Waals surface area contributed by atoms with Gasteiger partial charge >= 0.3 is 6.18 Å². The van der Waals surface area contributed by atoms with Crippen molar-refractivity contribution in [3.05, 3.63) is 35.5 Å². The zero-order valence-corrected chi connectivity index (χ0v) is 23.6. The largest absolute Gasteiger partial charge is 0.476 e. The monoisotopic (exact) mass is 597 g/mol. The highest BCUT2D eigenvalue weighted by Crippen LogP contribution is 2.54. The molecule has 1 aliphatic carbocycles. The lowest BCUT2D eigenvalue weighted by molar-refractivity contribution is -0.139. The van der Waals surface area contributed by atoms with E-state index < -0.39 is 35.1 Å². The number of rotatable bonds is 10. The van der Waals surface area contributed by atoms with Crippen molar-refractivity contribution in [2.75, 3.05) is 61.6 Å². The number of fused-ring (bicyclic) bond motifs is 1. The van der Waals surface area contributed by atoms with Gasteiger partial charge in [-0.3, -0.25) is 4.79 Å². The second-order valence-electron chi connectivity index (χ2n) is 10.9. The number of aliphatic hydroxyl groups is 1. The number of carbonyl (C=O) groups is 1. The van der Waals surface area contributed by atoms with Gasteiger partial charge < -0.3 is 25.0 Å². The molecule has 1 aromatic heterocycles. The van der Waals surface area contributed by atoms with E-state index in [0.717, 1.165) is 18.4 Å². The van der Waals surface area contributed by atoms with Crippen LogP contribution in [0.15, 0.2) is 29.2 Å². The number of hydrogen-bond acceptors (Lipinski definition) is 8. The van der Waals surface area contributed by atoms with E-state index in [0.29, 0.717) is 48.5 Å². The predicted octanol–water partition coefficient (Wildman–Crippen LogP) is 3.31. The number of aliphatic hydroxyl groups excluding tert-OH is 1. The third-order valence-electron chi connectivity index (χ3n) is 8.05. The number of ether oxygens (including phenoxy) is 1. The number of amides is 1. The molecule has 0 atom stereocenters. The number of hydrogen-bond donors (Lipinski definition) is 3. The molecule has 2 aromatic rings. The molecule has 14 heteroatoms. The number of nitrogens with one attached hydrogen (secondary N) is 2. The van der Waals surface area contributed by atoms with Crippen LogP contribution in [0.25, 0.3) is 0 Å². The van der Waals surface area contributed by atoms with Gasteiger partial charge in [-0.05, 0) is 67.3 Å². The minimum Gasteiger partial charge on any atom is -0.476 e. The standard InChI is InChI=1S/C27H34F3N5O5S/c1-34-11-4-18-16-21(33-25(23(18)34)40-15-9-27(28,29)30)24(37)32-20-3-2-19(41(38,39)31-10-14-36)17-22(20)35-12-7-26(5-6-26)8-13-35/h2-3,16-17,31,36H,4-15H2,1H3,(H,32,37). The first-order chi connectivity index (χ1) is 19.4. The van der Waals surface area contributed by atoms with Crippen molar-refractivity contribution in [1.29, 1.82) is 0 Å². The summed E-state index contributed by atoms with van der Waals surface area (Å²) in [5.41, 5.74) is 2.61. The van der Waals surface area contributed by atoms with Gasteiger partial charge in [0.15, 0.2) is 0 Å². The van der Waals surface area contributed by atoms with Crippen molar-refractivity contribution in [2.24, 2.45) is 5.41 Å². The lowest BCUT2D eigenvalue weighted by atomic mass is 9.93. The molecule has 41 heavy (non-hydrogen) atoms. The summed E-state index contributed by atoms with van der Waals surface area (Å²) in [5, 5.41) is 11.9. The maximum atomic E-state index is 13.5. The van der Waals surface area contributed by atoms with E-state index in [1.807, 2.05) is 4.90 Å². The van der Waals surface area contributed by atoms with Crippen LogP contribution < -0.4 is 24.6 Å². The van der Waals surface area contributed by atoms with Crippen molar-refractivity contribution >= 4 is 33.0 Å². The Morgan fingerprint density at radius 1 is 1.15 bits per heavy atom. The van der Waals surface area contributed by atoms with Crippen LogP contribution in [0.1, 0.15) is 48.2 Å². The minimum absolute atomic E-state index is 0.00435. The molecule has 2 fully saturated rings. The summed E-state index contributed by atoms with van der Waals surface area (Å²) < 4.78 is 71.5. The number of pyridine rings is 1. The second kappa shape index (κ2) is 11.3. The van der Waals surface area contributed by atoms with Crippen LogP contribution in [-0.2, 0) is 16.4 Å². The Hall–Kier alpha value is -3.10. The molecule has 3 heterocycles. The van der Waals surface area contributed by atoms with Crippen LogP contribution in [0.5, 0.6) is 5.88 Å². The fraction of sp³-hybridized carbons (Fsp3) is 0.556. The molecule has 1 saturated carbocycles. The van der Waals surface area contributed by atoms with E-state index >= 15 is 0 Å². The molecule has 1 saturated heterocycles. The molecule has 3 aliphatic rings. The summed E-state index contributed by atoms with van der Waals surface area (Å²) in [6.45, 7) is 0.921. The van der Waals surface area contributed by atoms with Crippen molar-refractivity contribution in [1.82, 2.24) is 9.71 Å². The van der Waals surface area contributed by atoms with Gasteiger partial charge in [0.25, 0.3) is 5.91 Å². The fourth-order valence-electron chi connectivity index (χ4n) is 5.44. The van der Waals surface area contributed by atoms with Crippen LogP contribution in [0, 0.1) is 5.41 Å². The molecule has 10 nitrogen and oxygen atoms in total. The van der Waals surface area contributed by atoms with E-state index in [2.05, 4.69) is 19.9 Å². The number of carbonyl (C=O) groups excluding carboxylic acids is 1. The first kappa shape index (κ1) is 29.4. The molecular formula is C27H34F3N5O5S. The number of anilines is 3. The molecule has 2 aliphatic heterocycles. The number of nitrogens with zero attached hydrogens (tertiary/aromatic N) is 3. The van der Waals surface area contributed by atoms with Gasteiger partial charge in [-0.1, -0.05) is 0 Å². The summed E-state index contributed by atoms with van der Waals surface area (Å²) in [6, 6.07) is 6.02. The first-order valence-corrected chi connectivity index (χ1v) is 15.1. The highest BCUT2D eigenvalue weighted by atomic mass is 32.2. The van der Waals surface area contributed by atoms with Crippen LogP contribution in [0.3, 0.4) is 0 Å². The summed E-state index contributed by atoms with van der Waals surface area (Å²) in [5.74, 6) is -0.617. The van der Waals surface area contributed by atoms with Gasteiger partial charge in [0.1, 0.15) is 11.4 Å². The topological polar surface area (TPSA) is 124 Å². The van der Waals surface area contributed by atoms with Crippen LogP contribution in [0.4, 0.5) is 30.2 Å². The van der Waals surface area contributed by atoms with Gasteiger partial charge in [0.05, 0.1) is 35.9 Å². The van der Waals surface area contributed by atoms with E-state index in [1.54, 1.807) is 13.1 Å². The van der Waals surface area contributed by atoms with Gasteiger partial charge in [-0.25, -0.2) is 18.1 Å². The average molecular weight is 598 g/mol. The number of aromatic nitrogens is 1. The van der Waals surface area contributed by atoms with Crippen molar-refractivity contribution in [3.8, 4) is 5.88 Å². The molecule has 224 valence electrons.